The van der Waals surface area contributed by atoms with Crippen LogP contribution in [0.2, 0.25) is 0 Å². The fraction of sp³-hybridized carbons (Fsp3) is 0.556. The topological polar surface area (TPSA) is 70.4 Å². The van der Waals surface area contributed by atoms with Crippen molar-refractivity contribution in [2.24, 2.45) is 0 Å². The van der Waals surface area contributed by atoms with Gasteiger partial charge in [-0.1, -0.05) is 0 Å². The minimum Gasteiger partial charge on any atom is -0.481 e. The summed E-state index contributed by atoms with van der Waals surface area (Å²) in [6.45, 7) is 3.81. The molecule has 5 heteroatoms. The summed E-state index contributed by atoms with van der Waals surface area (Å²) < 4.78 is 0. The van der Waals surface area contributed by atoms with E-state index < -0.39 is 12.1 Å². The maximum atomic E-state index is 10.3. The Morgan fingerprint density at radius 1 is 1.57 bits per heavy atom. The number of aliphatic hydroxyl groups excluding tert-OH is 1. The largest absolute Gasteiger partial charge is 0.481 e. The minimum absolute atomic E-state index is 0.0289. The number of carboxylic acids is 1. The molecular weight excluding hydrogens is 202 g/mol. The van der Waals surface area contributed by atoms with Crippen LogP contribution in [-0.4, -0.2) is 21.2 Å². The lowest BCUT2D eigenvalue weighted by atomic mass is 10.2. The summed E-state index contributed by atoms with van der Waals surface area (Å²) in [4.78, 5) is 15.5. The van der Waals surface area contributed by atoms with Gasteiger partial charge in [-0.3, -0.25) is 4.79 Å². The summed E-state index contributed by atoms with van der Waals surface area (Å²) in [5.41, 5.74) is 0.902. The Kier molecular flexibility index (Phi) is 3.60. The average Bonchev–Trinajstić information content (AvgIpc) is 2.43. The fourth-order valence-electron chi connectivity index (χ4n) is 1.02. The molecule has 1 atom stereocenters. The first kappa shape index (κ1) is 11.1. The molecule has 4 nitrogen and oxygen atoms in total. The Hall–Kier alpha value is -0.940. The van der Waals surface area contributed by atoms with Crippen LogP contribution in [0.5, 0.6) is 0 Å². The number of carbonyl (C=O) groups is 1. The molecule has 78 valence electrons. The van der Waals surface area contributed by atoms with Gasteiger partial charge in [-0.2, -0.15) is 0 Å². The minimum atomic E-state index is -0.894. The Morgan fingerprint density at radius 2 is 2.21 bits per heavy atom. The third kappa shape index (κ3) is 2.78. The standard InChI is InChI=1S/C9H13NO3S/c1-5-6(2)14-9(10-5)7(11)3-4-8(12)13/h7,11H,3-4H2,1-2H3,(H,12,13). The number of hydrogen-bond acceptors (Lipinski definition) is 4. The maximum absolute atomic E-state index is 10.3. The SMILES string of the molecule is Cc1nc(C(O)CCC(=O)O)sc1C. The van der Waals surface area contributed by atoms with Crippen molar-refractivity contribution in [3.63, 3.8) is 0 Å². The van der Waals surface area contributed by atoms with Crippen LogP contribution in [0, 0.1) is 13.8 Å². The van der Waals surface area contributed by atoms with Gasteiger partial charge in [-0.05, 0) is 20.3 Å². The lowest BCUT2D eigenvalue weighted by molar-refractivity contribution is -0.137. The Labute approximate surface area is 86.2 Å². The molecule has 0 aromatic carbocycles. The second-order valence-corrected chi connectivity index (χ2v) is 4.38. The van der Waals surface area contributed by atoms with Gasteiger partial charge in [0.1, 0.15) is 11.1 Å². The Morgan fingerprint density at radius 3 is 2.64 bits per heavy atom. The van der Waals surface area contributed by atoms with Gasteiger partial charge in [0, 0.05) is 11.3 Å². The van der Waals surface area contributed by atoms with E-state index in [-0.39, 0.29) is 12.8 Å². The molecule has 1 unspecified atom stereocenters. The first-order chi connectivity index (χ1) is 6.50. The first-order valence-corrected chi connectivity index (χ1v) is 5.16. The number of aryl methyl sites for hydroxylation is 2. The number of aliphatic carboxylic acids is 1. The molecule has 0 bridgehead atoms. The molecule has 0 saturated carbocycles. The van der Waals surface area contributed by atoms with E-state index in [4.69, 9.17) is 5.11 Å². The molecule has 0 aliphatic carbocycles. The number of aromatic nitrogens is 1. The second kappa shape index (κ2) is 4.52. The summed E-state index contributed by atoms with van der Waals surface area (Å²) >= 11 is 1.42. The normalized spacial score (nSPS) is 12.8. The Balaban J connectivity index is 2.60. The molecule has 14 heavy (non-hydrogen) atoms. The van der Waals surface area contributed by atoms with Gasteiger partial charge in [0.05, 0.1) is 5.69 Å². The van der Waals surface area contributed by atoms with Gasteiger partial charge < -0.3 is 10.2 Å². The van der Waals surface area contributed by atoms with Crippen LogP contribution in [0.4, 0.5) is 0 Å². The molecule has 1 aromatic heterocycles. The van der Waals surface area contributed by atoms with Gasteiger partial charge in [0.25, 0.3) is 0 Å². The lowest BCUT2D eigenvalue weighted by Crippen LogP contribution is -2.02. The van der Waals surface area contributed by atoms with Crippen LogP contribution in [0.3, 0.4) is 0 Å². The zero-order chi connectivity index (χ0) is 10.7. The van der Waals surface area contributed by atoms with Gasteiger partial charge in [-0.15, -0.1) is 11.3 Å². The summed E-state index contributed by atoms with van der Waals surface area (Å²) in [6.07, 6.45) is -0.552. The number of rotatable bonds is 4. The van der Waals surface area contributed by atoms with Crippen LogP contribution in [0.25, 0.3) is 0 Å². The van der Waals surface area contributed by atoms with Crippen molar-refractivity contribution in [3.05, 3.63) is 15.6 Å². The average molecular weight is 215 g/mol. The summed E-state index contributed by atoms with van der Waals surface area (Å²) in [5, 5.41) is 18.6. The van der Waals surface area contributed by atoms with Crippen LogP contribution in [0.15, 0.2) is 0 Å². The molecular formula is C9H13NO3S. The van der Waals surface area contributed by atoms with Crippen molar-refractivity contribution in [1.82, 2.24) is 4.98 Å². The van der Waals surface area contributed by atoms with Gasteiger partial charge >= 0.3 is 5.97 Å². The summed E-state index contributed by atoms with van der Waals surface area (Å²) in [5.74, 6) is -0.894. The predicted molar refractivity (Wildman–Crippen MR) is 53.4 cm³/mol. The molecule has 1 rings (SSSR count). The zero-order valence-corrected chi connectivity index (χ0v) is 8.97. The van der Waals surface area contributed by atoms with E-state index in [1.165, 1.54) is 11.3 Å². The van der Waals surface area contributed by atoms with Gasteiger partial charge in [0.2, 0.25) is 0 Å². The molecule has 0 radical (unpaired) electrons. The molecule has 0 spiro atoms. The molecule has 0 aliphatic heterocycles. The van der Waals surface area contributed by atoms with E-state index in [2.05, 4.69) is 4.98 Å². The van der Waals surface area contributed by atoms with Crippen molar-refractivity contribution in [2.45, 2.75) is 32.8 Å². The third-order valence-corrected chi connectivity index (χ3v) is 3.14. The van der Waals surface area contributed by atoms with Gasteiger partial charge in [0.15, 0.2) is 0 Å². The number of nitrogens with zero attached hydrogens (tertiary/aromatic N) is 1. The van der Waals surface area contributed by atoms with Crippen molar-refractivity contribution in [1.29, 1.82) is 0 Å². The van der Waals surface area contributed by atoms with E-state index in [1.54, 1.807) is 0 Å². The highest BCUT2D eigenvalue weighted by molar-refractivity contribution is 7.11. The predicted octanol–water partition coefficient (Wildman–Crippen LogP) is 1.66. The van der Waals surface area contributed by atoms with E-state index in [0.717, 1.165) is 10.6 Å². The molecule has 1 aromatic rings. The number of hydrogen-bond donors (Lipinski definition) is 2. The molecule has 0 amide bonds. The summed E-state index contributed by atoms with van der Waals surface area (Å²) in [6, 6.07) is 0. The second-order valence-electron chi connectivity index (χ2n) is 3.14. The monoisotopic (exact) mass is 215 g/mol. The fourth-order valence-corrected chi connectivity index (χ4v) is 1.97. The molecule has 0 saturated heterocycles. The van der Waals surface area contributed by atoms with Crippen molar-refractivity contribution in [2.75, 3.05) is 0 Å². The highest BCUT2D eigenvalue weighted by Crippen LogP contribution is 2.25. The number of aliphatic hydroxyl groups is 1. The maximum Gasteiger partial charge on any atom is 0.303 e. The molecule has 1 heterocycles. The van der Waals surface area contributed by atoms with E-state index >= 15 is 0 Å². The van der Waals surface area contributed by atoms with Crippen LogP contribution in [0.1, 0.15) is 34.5 Å². The van der Waals surface area contributed by atoms with Crippen molar-refractivity contribution >= 4 is 17.3 Å². The van der Waals surface area contributed by atoms with Crippen LogP contribution in [-0.2, 0) is 4.79 Å². The number of thiazole rings is 1. The van der Waals surface area contributed by atoms with Crippen LogP contribution < -0.4 is 0 Å². The van der Waals surface area contributed by atoms with Crippen molar-refractivity contribution in [3.8, 4) is 0 Å². The zero-order valence-electron chi connectivity index (χ0n) is 8.15. The Bertz CT molecular complexity index is 315. The highest BCUT2D eigenvalue weighted by Gasteiger charge is 2.14. The third-order valence-electron chi connectivity index (χ3n) is 1.96. The highest BCUT2D eigenvalue weighted by atomic mass is 32.1. The quantitative estimate of drug-likeness (QED) is 0.801. The summed E-state index contributed by atoms with van der Waals surface area (Å²) in [7, 11) is 0. The van der Waals surface area contributed by atoms with Crippen molar-refractivity contribution < 1.29 is 15.0 Å². The van der Waals surface area contributed by atoms with E-state index in [9.17, 15) is 9.90 Å². The van der Waals surface area contributed by atoms with Gasteiger partial charge in [-0.25, -0.2) is 4.98 Å². The molecule has 2 N–H and O–H groups in total. The van der Waals surface area contributed by atoms with E-state index in [1.807, 2.05) is 13.8 Å². The number of carboxylic acid groups (broad SMARTS) is 1. The van der Waals surface area contributed by atoms with Crippen LogP contribution >= 0.6 is 11.3 Å². The molecule has 0 fully saturated rings. The lowest BCUT2D eigenvalue weighted by Gasteiger charge is -2.03. The first-order valence-electron chi connectivity index (χ1n) is 4.34. The smallest absolute Gasteiger partial charge is 0.303 e. The van der Waals surface area contributed by atoms with E-state index in [0.29, 0.717) is 5.01 Å². The molecule has 0 aliphatic rings.